The van der Waals surface area contributed by atoms with Crippen molar-refractivity contribution < 1.29 is 14.3 Å². The summed E-state index contributed by atoms with van der Waals surface area (Å²) < 4.78 is 10.6. The lowest BCUT2D eigenvalue weighted by atomic mass is 10.2. The lowest BCUT2D eigenvalue weighted by Crippen LogP contribution is -2.31. The van der Waals surface area contributed by atoms with Gasteiger partial charge < -0.3 is 19.7 Å². The van der Waals surface area contributed by atoms with Gasteiger partial charge in [-0.2, -0.15) is 0 Å². The van der Waals surface area contributed by atoms with Crippen molar-refractivity contribution in [3.63, 3.8) is 0 Å². The van der Waals surface area contributed by atoms with Crippen LogP contribution in [0.1, 0.15) is 12.5 Å². The highest BCUT2D eigenvalue weighted by Gasteiger charge is 2.12. The van der Waals surface area contributed by atoms with Crippen LogP contribution in [-0.4, -0.2) is 51.3 Å². The standard InChI is InChI=1S/C15H23ClN2O3/c1-4-18(2)14(19)11-21-15-12(6-5-7-13(15)16)10-17-8-9-20-3/h5-7,17H,4,8-11H2,1-3H3. The third kappa shape index (κ3) is 5.91. The summed E-state index contributed by atoms with van der Waals surface area (Å²) in [6, 6.07) is 5.54. The molecular formula is C15H23ClN2O3. The van der Waals surface area contributed by atoms with E-state index in [4.69, 9.17) is 21.1 Å². The number of nitrogens with one attached hydrogen (secondary N) is 1. The molecule has 1 aromatic carbocycles. The molecule has 1 amide bonds. The second-order valence-electron chi connectivity index (χ2n) is 4.59. The number of benzene rings is 1. The number of nitrogens with zero attached hydrogens (tertiary/aromatic N) is 1. The topological polar surface area (TPSA) is 50.8 Å². The molecule has 0 aliphatic heterocycles. The highest BCUT2D eigenvalue weighted by molar-refractivity contribution is 6.32. The van der Waals surface area contributed by atoms with E-state index in [1.165, 1.54) is 0 Å². The van der Waals surface area contributed by atoms with Gasteiger partial charge in [0.05, 0.1) is 11.6 Å². The summed E-state index contributed by atoms with van der Waals surface area (Å²) in [6.45, 7) is 4.53. The number of carbonyl (C=O) groups is 1. The number of likely N-dealkylation sites (N-methyl/N-ethyl adjacent to an activating group) is 1. The molecule has 5 nitrogen and oxygen atoms in total. The van der Waals surface area contributed by atoms with Crippen LogP contribution in [0, 0.1) is 0 Å². The van der Waals surface area contributed by atoms with Crippen molar-refractivity contribution in [2.24, 2.45) is 0 Å². The quantitative estimate of drug-likeness (QED) is 0.708. The molecule has 0 saturated heterocycles. The number of amides is 1. The third-order valence-electron chi connectivity index (χ3n) is 3.09. The third-order valence-corrected chi connectivity index (χ3v) is 3.38. The molecule has 0 fully saturated rings. The maximum Gasteiger partial charge on any atom is 0.260 e. The molecule has 1 rings (SSSR count). The number of rotatable bonds is 9. The SMILES string of the molecule is CCN(C)C(=O)COc1c(Cl)cccc1CNCCOC. The van der Waals surface area contributed by atoms with Gasteiger partial charge in [-0.3, -0.25) is 4.79 Å². The fourth-order valence-corrected chi connectivity index (χ4v) is 1.92. The van der Waals surface area contributed by atoms with E-state index in [9.17, 15) is 4.79 Å². The maximum atomic E-state index is 11.8. The number of methoxy groups -OCH3 is 1. The molecular weight excluding hydrogens is 292 g/mol. The normalized spacial score (nSPS) is 10.5. The molecule has 0 unspecified atom stereocenters. The van der Waals surface area contributed by atoms with Crippen LogP contribution in [0.25, 0.3) is 0 Å². The molecule has 0 spiro atoms. The largest absolute Gasteiger partial charge is 0.482 e. The minimum absolute atomic E-state index is 0.0147. The van der Waals surface area contributed by atoms with Crippen LogP contribution >= 0.6 is 11.6 Å². The Morgan fingerprint density at radius 2 is 2.19 bits per heavy atom. The molecule has 0 aromatic heterocycles. The van der Waals surface area contributed by atoms with Crippen LogP contribution in [0.4, 0.5) is 0 Å². The summed E-state index contributed by atoms with van der Waals surface area (Å²) in [5.74, 6) is 0.484. The van der Waals surface area contributed by atoms with E-state index in [0.717, 1.165) is 12.1 Å². The number of ether oxygens (including phenoxy) is 2. The Balaban J connectivity index is 2.64. The molecule has 0 aliphatic rings. The van der Waals surface area contributed by atoms with E-state index in [-0.39, 0.29) is 12.5 Å². The van der Waals surface area contributed by atoms with E-state index in [0.29, 0.717) is 30.5 Å². The number of carbonyl (C=O) groups excluding carboxylic acids is 1. The zero-order valence-corrected chi connectivity index (χ0v) is 13.6. The van der Waals surface area contributed by atoms with Gasteiger partial charge in [0, 0.05) is 39.4 Å². The van der Waals surface area contributed by atoms with Gasteiger partial charge in [0.15, 0.2) is 6.61 Å². The van der Waals surface area contributed by atoms with Crippen molar-refractivity contribution in [1.29, 1.82) is 0 Å². The molecule has 0 aliphatic carbocycles. The first-order valence-corrected chi connectivity index (χ1v) is 7.31. The summed E-state index contributed by atoms with van der Waals surface area (Å²) in [5, 5.41) is 3.74. The van der Waals surface area contributed by atoms with Gasteiger partial charge in [-0.15, -0.1) is 0 Å². The van der Waals surface area contributed by atoms with Gasteiger partial charge in [-0.05, 0) is 13.0 Å². The van der Waals surface area contributed by atoms with Gasteiger partial charge in [0.25, 0.3) is 5.91 Å². The first-order chi connectivity index (χ1) is 10.1. The maximum absolute atomic E-state index is 11.8. The molecule has 0 heterocycles. The monoisotopic (exact) mass is 314 g/mol. The second kappa shape index (κ2) is 9.60. The van der Waals surface area contributed by atoms with Crippen molar-refractivity contribution in [3.05, 3.63) is 28.8 Å². The first kappa shape index (κ1) is 17.8. The second-order valence-corrected chi connectivity index (χ2v) is 5.00. The highest BCUT2D eigenvalue weighted by Crippen LogP contribution is 2.28. The molecule has 6 heteroatoms. The van der Waals surface area contributed by atoms with Crippen molar-refractivity contribution in [2.75, 3.05) is 40.5 Å². The number of halogens is 1. The lowest BCUT2D eigenvalue weighted by molar-refractivity contribution is -0.131. The average Bonchev–Trinajstić information content (AvgIpc) is 2.49. The van der Waals surface area contributed by atoms with Crippen LogP contribution in [-0.2, 0) is 16.1 Å². The van der Waals surface area contributed by atoms with Gasteiger partial charge in [-0.1, -0.05) is 23.7 Å². The van der Waals surface area contributed by atoms with E-state index in [2.05, 4.69) is 5.32 Å². The molecule has 0 radical (unpaired) electrons. The summed E-state index contributed by atoms with van der Waals surface area (Å²) >= 11 is 6.16. The van der Waals surface area contributed by atoms with Gasteiger partial charge >= 0.3 is 0 Å². The minimum atomic E-state index is -0.0734. The Kier molecular flexibility index (Phi) is 8.12. The number of hydrogen-bond acceptors (Lipinski definition) is 4. The predicted octanol–water partition coefficient (Wildman–Crippen LogP) is 1.93. The predicted molar refractivity (Wildman–Crippen MR) is 83.8 cm³/mol. The van der Waals surface area contributed by atoms with Crippen molar-refractivity contribution in [2.45, 2.75) is 13.5 Å². The van der Waals surface area contributed by atoms with Crippen molar-refractivity contribution in [3.8, 4) is 5.75 Å². The molecule has 0 atom stereocenters. The Hall–Kier alpha value is -1.30. The summed E-state index contributed by atoms with van der Waals surface area (Å²) in [4.78, 5) is 13.4. The van der Waals surface area contributed by atoms with Crippen LogP contribution in [0.15, 0.2) is 18.2 Å². The van der Waals surface area contributed by atoms with Crippen LogP contribution in [0.3, 0.4) is 0 Å². The Morgan fingerprint density at radius 1 is 1.43 bits per heavy atom. The van der Waals surface area contributed by atoms with Gasteiger partial charge in [-0.25, -0.2) is 0 Å². The lowest BCUT2D eigenvalue weighted by Gasteiger charge is -2.17. The van der Waals surface area contributed by atoms with E-state index < -0.39 is 0 Å². The minimum Gasteiger partial charge on any atom is -0.482 e. The van der Waals surface area contributed by atoms with Crippen LogP contribution in [0.5, 0.6) is 5.75 Å². The molecule has 21 heavy (non-hydrogen) atoms. The zero-order chi connectivity index (χ0) is 15.7. The smallest absolute Gasteiger partial charge is 0.260 e. The van der Waals surface area contributed by atoms with Crippen molar-refractivity contribution >= 4 is 17.5 Å². The van der Waals surface area contributed by atoms with E-state index >= 15 is 0 Å². The summed E-state index contributed by atoms with van der Waals surface area (Å²) in [7, 11) is 3.40. The van der Waals surface area contributed by atoms with Crippen LogP contribution in [0.2, 0.25) is 5.02 Å². The number of hydrogen-bond donors (Lipinski definition) is 1. The first-order valence-electron chi connectivity index (χ1n) is 6.94. The molecule has 1 N–H and O–H groups in total. The Labute approximate surface area is 131 Å². The molecule has 118 valence electrons. The molecule has 0 saturated carbocycles. The fourth-order valence-electron chi connectivity index (χ4n) is 1.67. The zero-order valence-electron chi connectivity index (χ0n) is 12.8. The summed E-state index contributed by atoms with van der Waals surface area (Å²) in [6.07, 6.45) is 0. The summed E-state index contributed by atoms with van der Waals surface area (Å²) in [5.41, 5.74) is 0.922. The van der Waals surface area contributed by atoms with Gasteiger partial charge in [0.1, 0.15) is 5.75 Å². The van der Waals surface area contributed by atoms with Gasteiger partial charge in [0.2, 0.25) is 0 Å². The highest BCUT2D eigenvalue weighted by atomic mass is 35.5. The molecule has 0 bridgehead atoms. The number of para-hydroxylation sites is 1. The van der Waals surface area contributed by atoms with E-state index in [1.54, 1.807) is 25.1 Å². The van der Waals surface area contributed by atoms with E-state index in [1.807, 2.05) is 19.1 Å². The Morgan fingerprint density at radius 3 is 2.86 bits per heavy atom. The van der Waals surface area contributed by atoms with Crippen molar-refractivity contribution in [1.82, 2.24) is 10.2 Å². The van der Waals surface area contributed by atoms with Crippen LogP contribution < -0.4 is 10.1 Å². The fraction of sp³-hybridized carbons (Fsp3) is 0.533. The Bertz CT molecular complexity index is 455. The molecule has 1 aromatic rings. The average molecular weight is 315 g/mol.